The molecular formula is C16H27N3O. The van der Waals surface area contributed by atoms with Crippen molar-refractivity contribution in [2.75, 3.05) is 6.54 Å². The van der Waals surface area contributed by atoms with E-state index < -0.39 is 0 Å². The van der Waals surface area contributed by atoms with Gasteiger partial charge in [-0.05, 0) is 42.7 Å². The van der Waals surface area contributed by atoms with Crippen molar-refractivity contribution in [1.82, 2.24) is 9.88 Å². The molecule has 20 heavy (non-hydrogen) atoms. The average molecular weight is 277 g/mol. The van der Waals surface area contributed by atoms with Gasteiger partial charge >= 0.3 is 0 Å². The minimum atomic E-state index is 0.0874. The van der Waals surface area contributed by atoms with Crippen molar-refractivity contribution in [3.63, 3.8) is 0 Å². The fraction of sp³-hybridized carbons (Fsp3) is 0.688. The summed E-state index contributed by atoms with van der Waals surface area (Å²) in [6, 6.07) is 0.137. The number of nitrogens with one attached hydrogen (secondary N) is 1. The highest BCUT2D eigenvalue weighted by molar-refractivity contribution is 5.75. The molecule has 1 aliphatic rings. The fourth-order valence-corrected chi connectivity index (χ4v) is 2.76. The number of hydrogen-bond donors (Lipinski definition) is 2. The minimum Gasteiger partial charge on any atom is -0.355 e. The van der Waals surface area contributed by atoms with E-state index in [9.17, 15) is 4.79 Å². The van der Waals surface area contributed by atoms with Crippen LogP contribution < -0.4 is 11.1 Å². The molecule has 1 atom stereocenters. The van der Waals surface area contributed by atoms with E-state index in [-0.39, 0.29) is 11.9 Å². The Morgan fingerprint density at radius 1 is 1.45 bits per heavy atom. The lowest BCUT2D eigenvalue weighted by Gasteiger charge is -2.09. The largest absolute Gasteiger partial charge is 0.355 e. The molecule has 0 saturated carbocycles. The van der Waals surface area contributed by atoms with Gasteiger partial charge in [-0.15, -0.1) is 0 Å². The van der Waals surface area contributed by atoms with Crippen LogP contribution in [-0.2, 0) is 17.8 Å². The molecule has 0 spiro atoms. The van der Waals surface area contributed by atoms with Crippen molar-refractivity contribution in [1.29, 1.82) is 0 Å². The first-order valence-corrected chi connectivity index (χ1v) is 7.77. The van der Waals surface area contributed by atoms with Crippen LogP contribution in [0.5, 0.6) is 0 Å². The number of carbonyl (C=O) groups is 1. The topological polar surface area (TPSA) is 60.0 Å². The number of fused-ring (bicyclic) bond motifs is 1. The van der Waals surface area contributed by atoms with Crippen molar-refractivity contribution < 1.29 is 4.79 Å². The van der Waals surface area contributed by atoms with Gasteiger partial charge in [0, 0.05) is 25.0 Å². The van der Waals surface area contributed by atoms with Gasteiger partial charge in [0.15, 0.2) is 0 Å². The van der Waals surface area contributed by atoms with Crippen LogP contribution >= 0.6 is 0 Å². The second-order valence-electron chi connectivity index (χ2n) is 6.30. The zero-order valence-electron chi connectivity index (χ0n) is 12.7. The van der Waals surface area contributed by atoms with Crippen LogP contribution in [0, 0.1) is 5.92 Å². The van der Waals surface area contributed by atoms with Gasteiger partial charge in [0.2, 0.25) is 5.91 Å². The van der Waals surface area contributed by atoms with Crippen LogP contribution in [-0.4, -0.2) is 17.0 Å². The van der Waals surface area contributed by atoms with Crippen LogP contribution in [0.1, 0.15) is 56.7 Å². The van der Waals surface area contributed by atoms with Crippen molar-refractivity contribution >= 4 is 5.91 Å². The summed E-state index contributed by atoms with van der Waals surface area (Å²) in [5.41, 5.74) is 8.75. The lowest BCUT2D eigenvalue weighted by molar-refractivity contribution is -0.121. The van der Waals surface area contributed by atoms with Crippen LogP contribution in [0.4, 0.5) is 0 Å². The molecule has 2 rings (SSSR count). The third-order valence-electron chi connectivity index (χ3n) is 3.98. The molecule has 1 unspecified atom stereocenters. The third kappa shape index (κ3) is 4.10. The number of hydrogen-bond acceptors (Lipinski definition) is 2. The van der Waals surface area contributed by atoms with Crippen LogP contribution in [0.25, 0.3) is 0 Å². The Bertz CT molecular complexity index is 451. The standard InChI is InChI=1S/C16H27N3O/c1-12(2)7-8-18-16(20)11-19-9-13-5-3-4-6-15(17)14(13)10-19/h9-10,12,15H,3-8,11,17H2,1-2H3,(H,18,20). The van der Waals surface area contributed by atoms with E-state index in [4.69, 9.17) is 5.73 Å². The first-order valence-electron chi connectivity index (χ1n) is 7.77. The molecule has 0 radical (unpaired) electrons. The maximum Gasteiger partial charge on any atom is 0.239 e. The van der Waals surface area contributed by atoms with Crippen molar-refractivity contribution in [2.24, 2.45) is 11.7 Å². The molecule has 1 aromatic heterocycles. The van der Waals surface area contributed by atoms with Crippen molar-refractivity contribution in [3.8, 4) is 0 Å². The summed E-state index contributed by atoms with van der Waals surface area (Å²) < 4.78 is 1.99. The summed E-state index contributed by atoms with van der Waals surface area (Å²) in [5, 5.41) is 2.98. The molecule has 0 aromatic carbocycles. The zero-order valence-corrected chi connectivity index (χ0v) is 12.7. The van der Waals surface area contributed by atoms with Crippen molar-refractivity contribution in [3.05, 3.63) is 23.5 Å². The molecule has 4 heteroatoms. The Kier molecular flexibility index (Phi) is 5.24. The minimum absolute atomic E-state index is 0.0874. The predicted octanol–water partition coefficient (Wildman–Crippen LogP) is 2.38. The highest BCUT2D eigenvalue weighted by Gasteiger charge is 2.17. The Labute approximate surface area is 121 Å². The van der Waals surface area contributed by atoms with E-state index in [1.54, 1.807) is 0 Å². The zero-order chi connectivity index (χ0) is 14.5. The number of amides is 1. The first kappa shape index (κ1) is 15.1. The van der Waals surface area contributed by atoms with Gasteiger partial charge in [-0.2, -0.15) is 0 Å². The fourth-order valence-electron chi connectivity index (χ4n) is 2.76. The average Bonchev–Trinajstić information content (AvgIpc) is 2.69. The van der Waals surface area contributed by atoms with E-state index in [0.29, 0.717) is 12.5 Å². The maximum atomic E-state index is 11.9. The van der Waals surface area contributed by atoms with Gasteiger partial charge in [0.25, 0.3) is 0 Å². The molecule has 4 nitrogen and oxygen atoms in total. The summed E-state index contributed by atoms with van der Waals surface area (Å²) in [5.74, 6) is 0.709. The van der Waals surface area contributed by atoms with Crippen LogP contribution in [0.2, 0.25) is 0 Å². The summed E-state index contributed by atoms with van der Waals surface area (Å²) in [4.78, 5) is 11.9. The molecule has 1 amide bonds. The molecule has 1 aromatic rings. The number of nitrogens with two attached hydrogens (primary N) is 1. The summed E-state index contributed by atoms with van der Waals surface area (Å²) in [6.07, 6.45) is 9.73. The third-order valence-corrected chi connectivity index (χ3v) is 3.98. The molecule has 1 aliphatic carbocycles. The van der Waals surface area contributed by atoms with Gasteiger partial charge in [0.1, 0.15) is 6.54 Å². The smallest absolute Gasteiger partial charge is 0.239 e. The second kappa shape index (κ2) is 6.93. The summed E-state index contributed by atoms with van der Waals surface area (Å²) >= 11 is 0. The van der Waals surface area contributed by atoms with Crippen LogP contribution in [0.3, 0.4) is 0 Å². The van der Waals surface area contributed by atoms with Gasteiger partial charge in [-0.3, -0.25) is 4.79 Å². The number of aromatic nitrogens is 1. The molecule has 0 fully saturated rings. The first-order chi connectivity index (χ1) is 9.56. The van der Waals surface area contributed by atoms with Gasteiger partial charge < -0.3 is 15.6 Å². The molecule has 3 N–H and O–H groups in total. The highest BCUT2D eigenvalue weighted by Crippen LogP contribution is 2.27. The molecule has 1 heterocycles. The van der Waals surface area contributed by atoms with E-state index in [1.165, 1.54) is 24.0 Å². The van der Waals surface area contributed by atoms with Gasteiger partial charge in [0.05, 0.1) is 0 Å². The Balaban J connectivity index is 1.90. The van der Waals surface area contributed by atoms with E-state index in [2.05, 4.69) is 31.6 Å². The molecule has 0 saturated heterocycles. The molecule has 0 aliphatic heterocycles. The SMILES string of the molecule is CC(C)CCNC(=O)Cn1cc2c(c1)C(N)CCCC2. The molecular weight excluding hydrogens is 250 g/mol. The monoisotopic (exact) mass is 277 g/mol. The highest BCUT2D eigenvalue weighted by atomic mass is 16.1. The Morgan fingerprint density at radius 2 is 2.25 bits per heavy atom. The van der Waals surface area contributed by atoms with E-state index in [1.807, 2.05) is 4.57 Å². The quantitative estimate of drug-likeness (QED) is 0.812. The lowest BCUT2D eigenvalue weighted by atomic mass is 10.1. The molecule has 112 valence electrons. The predicted molar refractivity (Wildman–Crippen MR) is 81.4 cm³/mol. The van der Waals surface area contributed by atoms with Gasteiger partial charge in [-0.25, -0.2) is 0 Å². The normalized spacial score (nSPS) is 18.7. The van der Waals surface area contributed by atoms with Crippen LogP contribution in [0.15, 0.2) is 12.4 Å². The maximum absolute atomic E-state index is 11.9. The number of carbonyl (C=O) groups excluding carboxylic acids is 1. The second-order valence-corrected chi connectivity index (χ2v) is 6.30. The lowest BCUT2D eigenvalue weighted by Crippen LogP contribution is -2.28. The Hall–Kier alpha value is -1.29. The van der Waals surface area contributed by atoms with E-state index >= 15 is 0 Å². The number of aryl methyl sites for hydroxylation is 1. The number of rotatable bonds is 5. The Morgan fingerprint density at radius 3 is 3.00 bits per heavy atom. The van der Waals surface area contributed by atoms with E-state index in [0.717, 1.165) is 25.8 Å². The summed E-state index contributed by atoms with van der Waals surface area (Å²) in [6.45, 7) is 5.49. The number of nitrogens with zero attached hydrogens (tertiary/aromatic N) is 1. The summed E-state index contributed by atoms with van der Waals surface area (Å²) in [7, 11) is 0. The molecule has 0 bridgehead atoms. The van der Waals surface area contributed by atoms with Gasteiger partial charge in [-0.1, -0.05) is 20.3 Å². The van der Waals surface area contributed by atoms with Crippen molar-refractivity contribution in [2.45, 2.75) is 58.5 Å².